The fraction of sp³-hybridized carbons (Fsp3) is 0.615. The van der Waals surface area contributed by atoms with Crippen molar-refractivity contribution in [2.45, 2.75) is 6.42 Å². The van der Waals surface area contributed by atoms with Crippen molar-refractivity contribution in [3.05, 3.63) is 12.4 Å². The Balaban J connectivity index is 1.84. The molecule has 0 aromatic carbocycles. The van der Waals surface area contributed by atoms with Crippen molar-refractivity contribution < 1.29 is 19.4 Å². The summed E-state index contributed by atoms with van der Waals surface area (Å²) in [6.07, 6.45) is 3.72. The van der Waals surface area contributed by atoms with E-state index >= 15 is 0 Å². The summed E-state index contributed by atoms with van der Waals surface area (Å²) in [5.41, 5.74) is -0.735. The number of aliphatic carboxylic acids is 1. The Labute approximate surface area is 116 Å². The highest BCUT2D eigenvalue weighted by Crippen LogP contribution is 2.43. The van der Waals surface area contributed by atoms with Gasteiger partial charge in [-0.1, -0.05) is 0 Å². The molecule has 0 unspecified atom stereocenters. The average Bonchev–Trinajstić information content (AvgIpc) is 2.88. The van der Waals surface area contributed by atoms with Crippen LogP contribution in [-0.4, -0.2) is 54.5 Å². The number of ether oxygens (including phenoxy) is 2. The summed E-state index contributed by atoms with van der Waals surface area (Å²) in [4.78, 5) is 22.1. The van der Waals surface area contributed by atoms with Crippen LogP contribution in [0.25, 0.3) is 0 Å². The maximum absolute atomic E-state index is 11.7. The third kappa shape index (κ3) is 1.98. The van der Waals surface area contributed by atoms with Crippen molar-refractivity contribution >= 4 is 11.9 Å². The highest BCUT2D eigenvalue weighted by atomic mass is 16.5. The molecule has 2 atom stereocenters. The molecule has 3 heterocycles. The van der Waals surface area contributed by atoms with Gasteiger partial charge in [0.1, 0.15) is 0 Å². The van der Waals surface area contributed by atoms with Crippen LogP contribution < -0.4 is 9.64 Å². The molecule has 2 aliphatic heterocycles. The summed E-state index contributed by atoms with van der Waals surface area (Å²) < 4.78 is 10.5. The maximum Gasteiger partial charge on any atom is 0.311 e. The minimum Gasteiger partial charge on any atom is -0.494 e. The molecule has 0 amide bonds. The molecule has 0 radical (unpaired) electrons. The summed E-state index contributed by atoms with van der Waals surface area (Å²) in [5, 5.41) is 9.60. The molecular formula is C13H17N3O4. The Morgan fingerprint density at radius 3 is 2.90 bits per heavy atom. The van der Waals surface area contributed by atoms with Gasteiger partial charge in [0, 0.05) is 25.6 Å². The molecule has 1 N–H and O–H groups in total. The zero-order chi connectivity index (χ0) is 14.2. The quantitative estimate of drug-likeness (QED) is 0.857. The molecule has 0 spiro atoms. The second kappa shape index (κ2) is 4.90. The first-order chi connectivity index (χ1) is 9.65. The van der Waals surface area contributed by atoms with E-state index in [4.69, 9.17) is 9.47 Å². The predicted molar refractivity (Wildman–Crippen MR) is 69.8 cm³/mol. The lowest BCUT2D eigenvalue weighted by atomic mass is 9.74. The van der Waals surface area contributed by atoms with E-state index in [1.807, 2.05) is 4.90 Å². The van der Waals surface area contributed by atoms with Crippen LogP contribution in [0.3, 0.4) is 0 Å². The largest absolute Gasteiger partial charge is 0.494 e. The zero-order valence-electron chi connectivity index (χ0n) is 11.3. The molecule has 2 saturated heterocycles. The molecular weight excluding hydrogens is 262 g/mol. The first-order valence-corrected chi connectivity index (χ1v) is 6.58. The van der Waals surface area contributed by atoms with Crippen LogP contribution in [0.15, 0.2) is 12.4 Å². The minimum absolute atomic E-state index is 0.0144. The monoisotopic (exact) mass is 279 g/mol. The molecule has 0 saturated carbocycles. The van der Waals surface area contributed by atoms with Crippen LogP contribution in [0, 0.1) is 11.3 Å². The van der Waals surface area contributed by atoms with Crippen molar-refractivity contribution in [3.8, 4) is 5.75 Å². The Bertz CT molecular complexity index is 507. The van der Waals surface area contributed by atoms with Crippen LogP contribution >= 0.6 is 0 Å². The SMILES string of the molecule is COc1cnc(N2C[C@@H]3COCC[C@]3(C(=O)O)C2)nc1. The van der Waals surface area contributed by atoms with E-state index in [1.165, 1.54) is 0 Å². The number of rotatable bonds is 3. The Kier molecular flexibility index (Phi) is 3.21. The number of carboxylic acids is 1. The van der Waals surface area contributed by atoms with Gasteiger partial charge in [-0.3, -0.25) is 4.79 Å². The molecule has 3 rings (SSSR count). The summed E-state index contributed by atoms with van der Waals surface area (Å²) in [7, 11) is 1.56. The average molecular weight is 279 g/mol. The first-order valence-electron chi connectivity index (χ1n) is 6.58. The summed E-state index contributed by atoms with van der Waals surface area (Å²) >= 11 is 0. The third-order valence-electron chi connectivity index (χ3n) is 4.27. The molecule has 7 nitrogen and oxygen atoms in total. The zero-order valence-corrected chi connectivity index (χ0v) is 11.3. The summed E-state index contributed by atoms with van der Waals surface area (Å²) in [6.45, 7) is 2.03. The number of methoxy groups -OCH3 is 1. The van der Waals surface area contributed by atoms with Crippen LogP contribution in [0.1, 0.15) is 6.42 Å². The topological polar surface area (TPSA) is 84.8 Å². The number of nitrogens with zero attached hydrogens (tertiary/aromatic N) is 3. The van der Waals surface area contributed by atoms with E-state index in [-0.39, 0.29) is 5.92 Å². The van der Waals surface area contributed by atoms with E-state index in [9.17, 15) is 9.90 Å². The lowest BCUT2D eigenvalue weighted by Crippen LogP contribution is -2.44. The Morgan fingerprint density at radius 2 is 2.30 bits per heavy atom. The smallest absolute Gasteiger partial charge is 0.311 e. The Morgan fingerprint density at radius 1 is 1.55 bits per heavy atom. The van der Waals surface area contributed by atoms with Gasteiger partial charge in [0.05, 0.1) is 31.5 Å². The van der Waals surface area contributed by atoms with E-state index in [0.29, 0.717) is 44.4 Å². The van der Waals surface area contributed by atoms with Crippen molar-refractivity contribution in [3.63, 3.8) is 0 Å². The van der Waals surface area contributed by atoms with Gasteiger partial charge in [-0.2, -0.15) is 0 Å². The molecule has 2 fully saturated rings. The van der Waals surface area contributed by atoms with Gasteiger partial charge >= 0.3 is 5.97 Å². The van der Waals surface area contributed by atoms with E-state index in [1.54, 1.807) is 19.5 Å². The van der Waals surface area contributed by atoms with Crippen molar-refractivity contribution in [1.29, 1.82) is 0 Å². The van der Waals surface area contributed by atoms with Crippen LogP contribution in [0.4, 0.5) is 5.95 Å². The highest BCUT2D eigenvalue weighted by Gasteiger charge is 2.54. The van der Waals surface area contributed by atoms with Crippen molar-refractivity contribution in [2.24, 2.45) is 11.3 Å². The normalized spacial score (nSPS) is 29.1. The molecule has 0 bridgehead atoms. The summed E-state index contributed by atoms with van der Waals surface area (Å²) in [5.74, 6) is 0.365. The fourth-order valence-electron chi connectivity index (χ4n) is 3.03. The third-order valence-corrected chi connectivity index (χ3v) is 4.27. The number of carboxylic acid groups (broad SMARTS) is 1. The number of carbonyl (C=O) groups is 1. The number of anilines is 1. The lowest BCUT2D eigenvalue weighted by molar-refractivity contribution is -0.157. The minimum atomic E-state index is -0.748. The molecule has 20 heavy (non-hydrogen) atoms. The molecule has 1 aromatic rings. The van der Waals surface area contributed by atoms with Crippen LogP contribution in [0.2, 0.25) is 0 Å². The van der Waals surface area contributed by atoms with E-state index in [0.717, 1.165) is 0 Å². The lowest BCUT2D eigenvalue weighted by Gasteiger charge is -2.33. The van der Waals surface area contributed by atoms with Crippen molar-refractivity contribution in [1.82, 2.24) is 9.97 Å². The number of fused-ring (bicyclic) bond motifs is 1. The molecule has 0 aliphatic carbocycles. The maximum atomic E-state index is 11.7. The first kappa shape index (κ1) is 13.1. The van der Waals surface area contributed by atoms with Gasteiger partial charge in [-0.15, -0.1) is 0 Å². The fourth-order valence-corrected chi connectivity index (χ4v) is 3.03. The standard InChI is InChI=1S/C13H17N3O4/c1-19-10-4-14-12(15-5-10)16-6-9-7-20-3-2-13(9,8-16)11(17)18/h4-5,9H,2-3,6-8H2,1H3,(H,17,18)/t9-,13+/m1/s1. The second-order valence-electron chi connectivity index (χ2n) is 5.29. The summed E-state index contributed by atoms with van der Waals surface area (Å²) in [6, 6.07) is 0. The van der Waals surface area contributed by atoms with Crippen LogP contribution in [-0.2, 0) is 9.53 Å². The van der Waals surface area contributed by atoms with E-state index in [2.05, 4.69) is 9.97 Å². The van der Waals surface area contributed by atoms with E-state index < -0.39 is 11.4 Å². The van der Waals surface area contributed by atoms with Gasteiger partial charge < -0.3 is 19.5 Å². The molecule has 108 valence electrons. The van der Waals surface area contributed by atoms with Gasteiger partial charge in [0.2, 0.25) is 5.95 Å². The van der Waals surface area contributed by atoms with Gasteiger partial charge in [-0.25, -0.2) is 9.97 Å². The van der Waals surface area contributed by atoms with Gasteiger partial charge in [0.15, 0.2) is 5.75 Å². The number of aromatic nitrogens is 2. The number of hydrogen-bond acceptors (Lipinski definition) is 6. The predicted octanol–water partition coefficient (Wildman–Crippen LogP) is 0.413. The second-order valence-corrected chi connectivity index (χ2v) is 5.29. The van der Waals surface area contributed by atoms with Gasteiger partial charge in [-0.05, 0) is 6.42 Å². The molecule has 1 aromatic heterocycles. The van der Waals surface area contributed by atoms with Crippen molar-refractivity contribution in [2.75, 3.05) is 38.3 Å². The molecule has 7 heteroatoms. The van der Waals surface area contributed by atoms with Crippen LogP contribution in [0.5, 0.6) is 5.75 Å². The number of hydrogen-bond donors (Lipinski definition) is 1. The highest BCUT2D eigenvalue weighted by molar-refractivity contribution is 5.77. The molecule has 2 aliphatic rings. The Hall–Kier alpha value is -1.89. The van der Waals surface area contributed by atoms with Gasteiger partial charge in [0.25, 0.3) is 0 Å².